The summed E-state index contributed by atoms with van der Waals surface area (Å²) in [6.07, 6.45) is 1.62. The van der Waals surface area contributed by atoms with Gasteiger partial charge >= 0.3 is 5.69 Å². The van der Waals surface area contributed by atoms with E-state index in [9.17, 15) is 9.18 Å². The zero-order valence-corrected chi connectivity index (χ0v) is 9.20. The zero-order chi connectivity index (χ0) is 11.7. The lowest BCUT2D eigenvalue weighted by atomic mass is 10.1. The Bertz CT molecular complexity index is 554. The van der Waals surface area contributed by atoms with E-state index in [4.69, 9.17) is 0 Å². The van der Waals surface area contributed by atoms with E-state index in [0.717, 1.165) is 5.69 Å². The number of hydrogen-bond donors (Lipinski definition) is 1. The van der Waals surface area contributed by atoms with Crippen molar-refractivity contribution in [2.24, 2.45) is 0 Å². The van der Waals surface area contributed by atoms with Gasteiger partial charge in [-0.15, -0.1) is 0 Å². The molecule has 0 spiro atoms. The molecule has 0 aliphatic carbocycles. The van der Waals surface area contributed by atoms with Crippen LogP contribution in [0.5, 0.6) is 0 Å². The van der Waals surface area contributed by atoms with E-state index in [1.165, 1.54) is 10.6 Å². The molecule has 0 aliphatic rings. The van der Waals surface area contributed by atoms with E-state index in [1.54, 1.807) is 24.4 Å². The van der Waals surface area contributed by atoms with Gasteiger partial charge in [-0.2, -0.15) is 0 Å². The molecule has 0 bridgehead atoms. The monoisotopic (exact) mass is 220 g/mol. The Balaban J connectivity index is 2.69. The number of rotatable bonds is 2. The third kappa shape index (κ3) is 1.66. The SMILES string of the molecule is CC(C)c1c[nH]c(=O)n1-c1ccccc1F. The first-order valence-electron chi connectivity index (χ1n) is 5.16. The highest BCUT2D eigenvalue weighted by molar-refractivity contribution is 5.35. The molecule has 0 fully saturated rings. The summed E-state index contributed by atoms with van der Waals surface area (Å²) < 4.78 is 15.0. The number of imidazole rings is 1. The first-order chi connectivity index (χ1) is 7.61. The average molecular weight is 220 g/mol. The normalized spacial score (nSPS) is 11.0. The number of hydrogen-bond acceptors (Lipinski definition) is 1. The number of nitrogens with one attached hydrogen (secondary N) is 1. The first-order valence-corrected chi connectivity index (χ1v) is 5.16. The fraction of sp³-hybridized carbons (Fsp3) is 0.250. The van der Waals surface area contributed by atoms with Crippen molar-refractivity contribution in [1.82, 2.24) is 9.55 Å². The predicted molar refractivity (Wildman–Crippen MR) is 60.4 cm³/mol. The second-order valence-electron chi connectivity index (χ2n) is 3.96. The van der Waals surface area contributed by atoms with Crippen molar-refractivity contribution in [2.45, 2.75) is 19.8 Å². The Hall–Kier alpha value is -1.84. The number of aromatic amines is 1. The van der Waals surface area contributed by atoms with Crippen molar-refractivity contribution in [3.63, 3.8) is 0 Å². The number of para-hydroxylation sites is 1. The minimum absolute atomic E-state index is 0.151. The van der Waals surface area contributed by atoms with Crippen LogP contribution >= 0.6 is 0 Å². The average Bonchev–Trinajstić information content (AvgIpc) is 2.61. The number of halogens is 1. The summed E-state index contributed by atoms with van der Waals surface area (Å²) in [6.45, 7) is 3.92. The number of nitrogens with zero attached hydrogens (tertiary/aromatic N) is 1. The molecule has 84 valence electrons. The van der Waals surface area contributed by atoms with Crippen molar-refractivity contribution < 1.29 is 4.39 Å². The van der Waals surface area contributed by atoms with Gasteiger partial charge in [-0.25, -0.2) is 9.18 Å². The second kappa shape index (κ2) is 3.96. The Kier molecular flexibility index (Phi) is 2.64. The summed E-state index contributed by atoms with van der Waals surface area (Å²) in [5.74, 6) is -0.246. The number of aromatic nitrogens is 2. The molecule has 3 nitrogen and oxygen atoms in total. The topological polar surface area (TPSA) is 37.8 Å². The highest BCUT2D eigenvalue weighted by Crippen LogP contribution is 2.18. The van der Waals surface area contributed by atoms with Gasteiger partial charge in [-0.05, 0) is 18.1 Å². The number of H-pyrrole nitrogens is 1. The second-order valence-corrected chi connectivity index (χ2v) is 3.96. The van der Waals surface area contributed by atoms with Gasteiger partial charge in [0.2, 0.25) is 0 Å². The van der Waals surface area contributed by atoms with Crippen LogP contribution in [-0.4, -0.2) is 9.55 Å². The summed E-state index contributed by atoms with van der Waals surface area (Å²) in [5.41, 5.74) is 0.751. The Morgan fingerprint density at radius 1 is 1.31 bits per heavy atom. The maximum atomic E-state index is 13.6. The van der Waals surface area contributed by atoms with Crippen LogP contribution in [0.2, 0.25) is 0 Å². The van der Waals surface area contributed by atoms with E-state index in [0.29, 0.717) is 0 Å². The van der Waals surface area contributed by atoms with Crippen LogP contribution in [-0.2, 0) is 0 Å². The Morgan fingerprint density at radius 2 is 2.00 bits per heavy atom. The molecule has 4 heteroatoms. The summed E-state index contributed by atoms with van der Waals surface area (Å²) in [4.78, 5) is 14.2. The van der Waals surface area contributed by atoms with Gasteiger partial charge in [0.25, 0.3) is 0 Å². The highest BCUT2D eigenvalue weighted by atomic mass is 19.1. The zero-order valence-electron chi connectivity index (χ0n) is 9.20. The molecule has 1 heterocycles. The maximum absolute atomic E-state index is 13.6. The lowest BCUT2D eigenvalue weighted by Gasteiger charge is -2.10. The molecule has 2 rings (SSSR count). The van der Waals surface area contributed by atoms with Crippen molar-refractivity contribution in [3.8, 4) is 5.69 Å². The van der Waals surface area contributed by atoms with E-state index in [2.05, 4.69) is 4.98 Å². The smallest absolute Gasteiger partial charge is 0.312 e. The Morgan fingerprint density at radius 3 is 2.62 bits per heavy atom. The summed E-state index contributed by atoms with van der Waals surface area (Å²) >= 11 is 0. The Labute approximate surface area is 92.5 Å². The van der Waals surface area contributed by atoms with Crippen molar-refractivity contribution in [2.75, 3.05) is 0 Å². The fourth-order valence-corrected chi connectivity index (χ4v) is 1.69. The van der Waals surface area contributed by atoms with Crippen molar-refractivity contribution >= 4 is 0 Å². The van der Waals surface area contributed by atoms with Crippen molar-refractivity contribution in [1.29, 1.82) is 0 Å². The van der Waals surface area contributed by atoms with Crippen LogP contribution in [0, 0.1) is 5.82 Å². The molecule has 2 aromatic rings. The van der Waals surface area contributed by atoms with Crippen LogP contribution in [0.15, 0.2) is 35.3 Å². The fourth-order valence-electron chi connectivity index (χ4n) is 1.69. The molecule has 0 amide bonds. The third-order valence-electron chi connectivity index (χ3n) is 2.49. The molecular formula is C12H13FN2O. The van der Waals surface area contributed by atoms with E-state index in [-0.39, 0.29) is 17.3 Å². The van der Waals surface area contributed by atoms with Crippen molar-refractivity contribution in [3.05, 3.63) is 52.5 Å². The molecule has 0 unspecified atom stereocenters. The molecule has 0 aliphatic heterocycles. The minimum atomic E-state index is -0.397. The van der Waals surface area contributed by atoms with Gasteiger partial charge in [-0.3, -0.25) is 4.57 Å². The van der Waals surface area contributed by atoms with Gasteiger partial charge in [0.1, 0.15) is 5.82 Å². The van der Waals surface area contributed by atoms with E-state index in [1.807, 2.05) is 13.8 Å². The molecular weight excluding hydrogens is 207 g/mol. The quantitative estimate of drug-likeness (QED) is 0.829. The molecule has 1 aromatic heterocycles. The standard InChI is InChI=1S/C12H13FN2O/c1-8(2)11-7-14-12(16)15(11)10-6-4-3-5-9(10)13/h3-8H,1-2H3,(H,14,16). The van der Waals surface area contributed by atoms with Crippen LogP contribution in [0.25, 0.3) is 5.69 Å². The van der Waals surface area contributed by atoms with Gasteiger partial charge in [-0.1, -0.05) is 26.0 Å². The lowest BCUT2D eigenvalue weighted by molar-refractivity contribution is 0.611. The van der Waals surface area contributed by atoms with E-state index >= 15 is 0 Å². The van der Waals surface area contributed by atoms with Gasteiger partial charge in [0, 0.05) is 11.9 Å². The molecule has 0 atom stereocenters. The first kappa shape index (κ1) is 10.7. The molecule has 1 aromatic carbocycles. The molecule has 16 heavy (non-hydrogen) atoms. The lowest BCUT2D eigenvalue weighted by Crippen LogP contribution is -2.18. The van der Waals surface area contributed by atoms with Gasteiger partial charge < -0.3 is 4.98 Å². The van der Waals surface area contributed by atoms with Gasteiger partial charge in [0.15, 0.2) is 0 Å². The third-order valence-corrected chi connectivity index (χ3v) is 2.49. The highest BCUT2D eigenvalue weighted by Gasteiger charge is 2.13. The molecule has 1 N–H and O–H groups in total. The van der Waals surface area contributed by atoms with Gasteiger partial charge in [0.05, 0.1) is 5.69 Å². The van der Waals surface area contributed by atoms with Crippen LogP contribution in [0.4, 0.5) is 4.39 Å². The maximum Gasteiger partial charge on any atom is 0.330 e. The summed E-state index contributed by atoms with van der Waals surface area (Å²) in [7, 11) is 0. The molecule has 0 radical (unpaired) electrons. The molecule has 0 saturated heterocycles. The minimum Gasteiger partial charge on any atom is -0.312 e. The van der Waals surface area contributed by atoms with Crippen LogP contribution in [0.1, 0.15) is 25.5 Å². The van der Waals surface area contributed by atoms with Crippen LogP contribution < -0.4 is 5.69 Å². The number of benzene rings is 1. The largest absolute Gasteiger partial charge is 0.330 e. The predicted octanol–water partition coefficient (Wildman–Crippen LogP) is 2.43. The van der Waals surface area contributed by atoms with E-state index < -0.39 is 5.82 Å². The molecule has 0 saturated carbocycles. The van der Waals surface area contributed by atoms with Crippen LogP contribution in [0.3, 0.4) is 0 Å². The summed E-state index contributed by atoms with van der Waals surface area (Å²) in [5, 5.41) is 0. The summed E-state index contributed by atoms with van der Waals surface area (Å²) in [6, 6.07) is 6.25.